The molecule has 0 amide bonds. The fourth-order valence-electron chi connectivity index (χ4n) is 1.41. The van der Waals surface area contributed by atoms with Gasteiger partial charge in [-0.3, -0.25) is 0 Å². The van der Waals surface area contributed by atoms with Crippen LogP contribution in [0.4, 0.5) is 0 Å². The fraction of sp³-hybridized carbons (Fsp3) is 0.455. The average molecular weight is 180 g/mol. The molecule has 0 saturated heterocycles. The van der Waals surface area contributed by atoms with Crippen molar-refractivity contribution in [1.29, 1.82) is 0 Å². The molecule has 1 aromatic rings. The molecule has 72 valence electrons. The first-order chi connectivity index (χ1) is 6.20. The minimum atomic E-state index is 0.328. The Morgan fingerprint density at radius 3 is 2.69 bits per heavy atom. The van der Waals surface area contributed by atoms with Gasteiger partial charge in [-0.25, -0.2) is 0 Å². The molecule has 1 unspecified atom stereocenters. The van der Waals surface area contributed by atoms with E-state index >= 15 is 0 Å². The lowest BCUT2D eigenvalue weighted by atomic mass is 9.97. The fourth-order valence-corrected chi connectivity index (χ4v) is 1.41. The first-order valence-corrected chi connectivity index (χ1v) is 4.56. The molecule has 2 heteroatoms. The monoisotopic (exact) mass is 180 g/mol. The maximum absolute atomic E-state index is 9.64. The number of hydrogen-bond acceptors (Lipinski definition) is 2. The van der Waals surface area contributed by atoms with Gasteiger partial charge in [0.05, 0.1) is 7.11 Å². The van der Waals surface area contributed by atoms with E-state index in [1.54, 1.807) is 19.2 Å². The molecule has 0 bridgehead atoms. The Morgan fingerprint density at radius 1 is 1.46 bits per heavy atom. The molecule has 1 atom stereocenters. The highest BCUT2D eigenvalue weighted by atomic mass is 16.5. The predicted molar refractivity (Wildman–Crippen MR) is 53.4 cm³/mol. The van der Waals surface area contributed by atoms with E-state index in [2.05, 4.69) is 13.8 Å². The highest BCUT2D eigenvalue weighted by Crippen LogP contribution is 2.35. The molecule has 2 nitrogen and oxygen atoms in total. The number of rotatable bonds is 3. The number of methoxy groups -OCH3 is 1. The molecular formula is C11H16O2. The molecule has 13 heavy (non-hydrogen) atoms. The van der Waals surface area contributed by atoms with Crippen LogP contribution in [-0.2, 0) is 0 Å². The summed E-state index contributed by atoms with van der Waals surface area (Å²) in [6.45, 7) is 4.17. The van der Waals surface area contributed by atoms with Crippen LogP contribution in [0.5, 0.6) is 11.5 Å². The Kier molecular flexibility index (Phi) is 3.18. The van der Waals surface area contributed by atoms with Crippen LogP contribution >= 0.6 is 0 Å². The number of hydrogen-bond donors (Lipinski definition) is 1. The molecule has 1 N–H and O–H groups in total. The van der Waals surface area contributed by atoms with Crippen LogP contribution in [0.15, 0.2) is 18.2 Å². The first kappa shape index (κ1) is 9.90. The second-order valence-corrected chi connectivity index (χ2v) is 3.20. The summed E-state index contributed by atoms with van der Waals surface area (Å²) >= 11 is 0. The smallest absolute Gasteiger partial charge is 0.126 e. The normalized spacial score (nSPS) is 12.5. The van der Waals surface area contributed by atoms with Crippen molar-refractivity contribution in [3.05, 3.63) is 23.8 Å². The van der Waals surface area contributed by atoms with Crippen LogP contribution in [0, 0.1) is 0 Å². The van der Waals surface area contributed by atoms with Gasteiger partial charge >= 0.3 is 0 Å². The van der Waals surface area contributed by atoms with Crippen molar-refractivity contribution in [3.63, 3.8) is 0 Å². The van der Waals surface area contributed by atoms with Crippen molar-refractivity contribution in [1.82, 2.24) is 0 Å². The minimum absolute atomic E-state index is 0.328. The predicted octanol–water partition coefficient (Wildman–Crippen LogP) is 2.91. The minimum Gasteiger partial charge on any atom is -0.508 e. The Balaban J connectivity index is 3.14. The van der Waals surface area contributed by atoms with E-state index in [4.69, 9.17) is 4.74 Å². The number of phenolic OH excluding ortho intramolecular Hbond substituents is 1. The molecule has 0 aliphatic carbocycles. The average Bonchev–Trinajstić information content (AvgIpc) is 2.16. The molecule has 0 spiro atoms. The summed E-state index contributed by atoms with van der Waals surface area (Å²) in [5.74, 6) is 1.43. The molecule has 0 saturated carbocycles. The van der Waals surface area contributed by atoms with Gasteiger partial charge in [0.2, 0.25) is 0 Å². The summed E-state index contributed by atoms with van der Waals surface area (Å²) in [5, 5.41) is 9.64. The van der Waals surface area contributed by atoms with Gasteiger partial charge in [-0.05, 0) is 24.5 Å². The molecule has 0 fully saturated rings. The summed E-state index contributed by atoms with van der Waals surface area (Å²) in [5.41, 5.74) is 0.910. The van der Waals surface area contributed by atoms with Crippen LogP contribution < -0.4 is 4.74 Å². The lowest BCUT2D eigenvalue weighted by molar-refractivity contribution is 0.394. The standard InChI is InChI=1S/C11H16O2/c1-4-8(2)11-9(12)6-5-7-10(11)13-3/h5-8,12H,4H2,1-3H3. The van der Waals surface area contributed by atoms with Crippen molar-refractivity contribution in [3.8, 4) is 11.5 Å². The molecular weight excluding hydrogens is 164 g/mol. The van der Waals surface area contributed by atoms with E-state index in [1.165, 1.54) is 0 Å². The highest BCUT2D eigenvalue weighted by molar-refractivity contribution is 5.45. The van der Waals surface area contributed by atoms with Gasteiger partial charge in [0.25, 0.3) is 0 Å². The summed E-state index contributed by atoms with van der Waals surface area (Å²) in [6, 6.07) is 5.37. The van der Waals surface area contributed by atoms with Gasteiger partial charge < -0.3 is 9.84 Å². The van der Waals surface area contributed by atoms with Gasteiger partial charge in [-0.1, -0.05) is 19.9 Å². The molecule has 0 aliphatic rings. The molecule has 0 heterocycles. The third kappa shape index (κ3) is 1.94. The Bertz CT molecular complexity index is 281. The van der Waals surface area contributed by atoms with E-state index in [1.807, 2.05) is 6.07 Å². The molecule has 1 rings (SSSR count). The Hall–Kier alpha value is -1.18. The van der Waals surface area contributed by atoms with Crippen LogP contribution in [0.1, 0.15) is 31.7 Å². The van der Waals surface area contributed by atoms with Crippen molar-refractivity contribution in [2.45, 2.75) is 26.2 Å². The number of ether oxygens (including phenoxy) is 1. The van der Waals surface area contributed by atoms with Crippen LogP contribution in [0.2, 0.25) is 0 Å². The Labute approximate surface area is 79.2 Å². The van der Waals surface area contributed by atoms with Gasteiger partial charge in [0, 0.05) is 5.56 Å². The van der Waals surface area contributed by atoms with Gasteiger partial charge in [-0.15, -0.1) is 0 Å². The topological polar surface area (TPSA) is 29.5 Å². The van der Waals surface area contributed by atoms with Gasteiger partial charge in [0.15, 0.2) is 0 Å². The third-order valence-corrected chi connectivity index (χ3v) is 2.37. The lowest BCUT2D eigenvalue weighted by Gasteiger charge is -2.15. The van der Waals surface area contributed by atoms with E-state index in [0.29, 0.717) is 11.7 Å². The molecule has 0 radical (unpaired) electrons. The lowest BCUT2D eigenvalue weighted by Crippen LogP contribution is -1.96. The summed E-state index contributed by atoms with van der Waals surface area (Å²) < 4.78 is 5.19. The zero-order valence-electron chi connectivity index (χ0n) is 8.37. The zero-order valence-corrected chi connectivity index (χ0v) is 8.37. The quantitative estimate of drug-likeness (QED) is 0.775. The first-order valence-electron chi connectivity index (χ1n) is 4.56. The van der Waals surface area contributed by atoms with Crippen molar-refractivity contribution in [2.75, 3.05) is 7.11 Å². The maximum atomic E-state index is 9.64. The Morgan fingerprint density at radius 2 is 2.15 bits per heavy atom. The van der Waals surface area contributed by atoms with E-state index < -0.39 is 0 Å². The van der Waals surface area contributed by atoms with E-state index in [0.717, 1.165) is 17.7 Å². The largest absolute Gasteiger partial charge is 0.508 e. The third-order valence-electron chi connectivity index (χ3n) is 2.37. The van der Waals surface area contributed by atoms with Gasteiger partial charge in [-0.2, -0.15) is 0 Å². The van der Waals surface area contributed by atoms with E-state index in [-0.39, 0.29) is 0 Å². The maximum Gasteiger partial charge on any atom is 0.126 e. The summed E-state index contributed by atoms with van der Waals surface area (Å²) in [4.78, 5) is 0. The van der Waals surface area contributed by atoms with Crippen LogP contribution in [0.25, 0.3) is 0 Å². The number of phenols is 1. The van der Waals surface area contributed by atoms with Crippen LogP contribution in [-0.4, -0.2) is 12.2 Å². The van der Waals surface area contributed by atoms with Crippen molar-refractivity contribution < 1.29 is 9.84 Å². The SMILES string of the molecule is CCC(C)c1c(O)cccc1OC. The summed E-state index contributed by atoms with van der Waals surface area (Å²) in [6.07, 6.45) is 0.994. The van der Waals surface area contributed by atoms with Crippen LogP contribution in [0.3, 0.4) is 0 Å². The molecule has 0 aromatic heterocycles. The molecule has 0 aliphatic heterocycles. The molecule has 1 aromatic carbocycles. The second kappa shape index (κ2) is 4.17. The highest BCUT2D eigenvalue weighted by Gasteiger charge is 2.13. The van der Waals surface area contributed by atoms with E-state index in [9.17, 15) is 5.11 Å². The number of aromatic hydroxyl groups is 1. The second-order valence-electron chi connectivity index (χ2n) is 3.20. The van der Waals surface area contributed by atoms with Crippen molar-refractivity contribution in [2.24, 2.45) is 0 Å². The summed E-state index contributed by atoms with van der Waals surface area (Å²) in [7, 11) is 1.63. The van der Waals surface area contributed by atoms with Crippen molar-refractivity contribution >= 4 is 0 Å². The van der Waals surface area contributed by atoms with Gasteiger partial charge in [0.1, 0.15) is 11.5 Å². The number of benzene rings is 1. The zero-order chi connectivity index (χ0) is 9.84.